The van der Waals surface area contributed by atoms with Crippen molar-refractivity contribution in [3.63, 3.8) is 0 Å². The molecular weight excluding hydrogens is 208 g/mol. The number of hydrogen-bond acceptors (Lipinski definition) is 4. The second kappa shape index (κ2) is 3.70. The Bertz CT molecular complexity index is 400. The van der Waals surface area contributed by atoms with Crippen LogP contribution in [0.3, 0.4) is 0 Å². The quantitative estimate of drug-likeness (QED) is 0.652. The van der Waals surface area contributed by atoms with Gasteiger partial charge in [0.2, 0.25) is 0 Å². The van der Waals surface area contributed by atoms with E-state index in [1.54, 1.807) is 11.8 Å². The average Bonchev–Trinajstić information content (AvgIpc) is 2.15. The van der Waals surface area contributed by atoms with Crippen molar-refractivity contribution in [2.45, 2.75) is 39.0 Å². The van der Waals surface area contributed by atoms with Crippen LogP contribution in [0.25, 0.3) is 0 Å². The van der Waals surface area contributed by atoms with E-state index in [4.69, 9.17) is 0 Å². The third-order valence-electron chi connectivity index (χ3n) is 2.62. The van der Waals surface area contributed by atoms with Crippen LogP contribution in [0.1, 0.15) is 20.8 Å². The van der Waals surface area contributed by atoms with Crippen molar-refractivity contribution in [1.82, 2.24) is 10.2 Å². The van der Waals surface area contributed by atoms with Crippen molar-refractivity contribution >= 4 is 23.9 Å². The van der Waals surface area contributed by atoms with Gasteiger partial charge in [-0.05, 0) is 20.8 Å². The molecule has 2 unspecified atom stereocenters. The topological polar surface area (TPSA) is 74.1 Å². The zero-order valence-corrected chi connectivity index (χ0v) is 9.47. The highest BCUT2D eigenvalue weighted by atomic mass is 16.2. The van der Waals surface area contributed by atoms with Gasteiger partial charge in [-0.2, -0.15) is 0 Å². The predicted molar refractivity (Wildman–Crippen MR) is 59.3 cm³/mol. The summed E-state index contributed by atoms with van der Waals surface area (Å²) >= 11 is 0. The summed E-state index contributed by atoms with van der Waals surface area (Å²) in [6.45, 7) is 5.49. The number of aliphatic imine (C=N–C) groups is 2. The second-order valence-electron chi connectivity index (χ2n) is 4.18. The SMILES string of the molecule is CC1=NC2C(N=CC(=O)N2C(C)C)C(=O)N1. The summed E-state index contributed by atoms with van der Waals surface area (Å²) in [6, 6.07) is -0.613. The molecule has 0 saturated carbocycles. The Morgan fingerprint density at radius 3 is 2.75 bits per heavy atom. The van der Waals surface area contributed by atoms with Gasteiger partial charge in [-0.15, -0.1) is 0 Å². The number of nitrogens with zero attached hydrogens (tertiary/aromatic N) is 3. The number of amides is 2. The number of hydrogen-bond donors (Lipinski definition) is 1. The summed E-state index contributed by atoms with van der Waals surface area (Å²) in [5, 5.41) is 2.61. The molecule has 1 N–H and O–H groups in total. The summed E-state index contributed by atoms with van der Waals surface area (Å²) in [6.07, 6.45) is 0.711. The first kappa shape index (κ1) is 10.8. The minimum absolute atomic E-state index is 0.00537. The average molecular weight is 222 g/mol. The van der Waals surface area contributed by atoms with Crippen molar-refractivity contribution in [1.29, 1.82) is 0 Å². The lowest BCUT2D eigenvalue weighted by molar-refractivity contribution is -0.132. The monoisotopic (exact) mass is 222 g/mol. The molecular formula is C10H14N4O2. The molecule has 0 saturated heterocycles. The molecule has 0 radical (unpaired) electrons. The van der Waals surface area contributed by atoms with Crippen LogP contribution in [0, 0.1) is 0 Å². The lowest BCUT2D eigenvalue weighted by atomic mass is 10.1. The van der Waals surface area contributed by atoms with Crippen LogP contribution >= 0.6 is 0 Å². The van der Waals surface area contributed by atoms with Crippen molar-refractivity contribution in [3.05, 3.63) is 0 Å². The first-order chi connectivity index (χ1) is 7.50. The molecule has 0 bridgehead atoms. The molecule has 0 aromatic heterocycles. The van der Waals surface area contributed by atoms with E-state index in [-0.39, 0.29) is 17.9 Å². The van der Waals surface area contributed by atoms with E-state index in [0.717, 1.165) is 0 Å². The van der Waals surface area contributed by atoms with Crippen molar-refractivity contribution in [3.8, 4) is 0 Å². The van der Waals surface area contributed by atoms with Gasteiger partial charge in [0.1, 0.15) is 5.84 Å². The van der Waals surface area contributed by atoms with E-state index in [1.165, 1.54) is 6.21 Å². The fourth-order valence-corrected chi connectivity index (χ4v) is 1.95. The Labute approximate surface area is 93.4 Å². The maximum atomic E-state index is 11.7. The van der Waals surface area contributed by atoms with Gasteiger partial charge in [0, 0.05) is 6.04 Å². The lowest BCUT2D eigenvalue weighted by Gasteiger charge is -2.39. The zero-order chi connectivity index (χ0) is 11.9. The molecule has 2 heterocycles. The molecule has 2 rings (SSSR count). The number of rotatable bonds is 1. The van der Waals surface area contributed by atoms with Crippen molar-refractivity contribution in [2.24, 2.45) is 9.98 Å². The van der Waals surface area contributed by atoms with Crippen LogP contribution in [-0.4, -0.2) is 47.0 Å². The Morgan fingerprint density at radius 1 is 1.44 bits per heavy atom. The highest BCUT2D eigenvalue weighted by Gasteiger charge is 2.41. The molecule has 2 amide bonds. The van der Waals surface area contributed by atoms with Crippen LogP contribution in [-0.2, 0) is 9.59 Å². The Kier molecular flexibility index (Phi) is 2.49. The highest BCUT2D eigenvalue weighted by Crippen LogP contribution is 2.20. The van der Waals surface area contributed by atoms with Gasteiger partial charge in [-0.1, -0.05) is 0 Å². The van der Waals surface area contributed by atoms with Crippen molar-refractivity contribution < 1.29 is 9.59 Å². The Morgan fingerprint density at radius 2 is 2.12 bits per heavy atom. The largest absolute Gasteiger partial charge is 0.313 e. The fourth-order valence-electron chi connectivity index (χ4n) is 1.95. The van der Waals surface area contributed by atoms with E-state index in [9.17, 15) is 9.59 Å². The van der Waals surface area contributed by atoms with E-state index in [2.05, 4.69) is 15.3 Å². The molecule has 0 aromatic rings. The summed E-state index contributed by atoms with van der Waals surface area (Å²) < 4.78 is 0. The second-order valence-corrected chi connectivity index (χ2v) is 4.18. The summed E-state index contributed by atoms with van der Waals surface area (Å²) in [5.74, 6) is 0.135. The first-order valence-corrected chi connectivity index (χ1v) is 5.21. The molecule has 6 heteroatoms. The standard InChI is InChI=1S/C10H14N4O2/c1-5(2)14-7(15)4-11-8-9(14)12-6(3)13-10(8)16/h4-5,8-9H,1-3H3,(H,12,13,16). The van der Waals surface area contributed by atoms with Gasteiger partial charge in [0.25, 0.3) is 11.8 Å². The summed E-state index contributed by atoms with van der Waals surface area (Å²) in [4.78, 5) is 33.2. The van der Waals surface area contributed by atoms with E-state index < -0.39 is 12.2 Å². The number of amidine groups is 1. The smallest absolute Gasteiger partial charge is 0.266 e. The molecule has 0 spiro atoms. The van der Waals surface area contributed by atoms with Gasteiger partial charge >= 0.3 is 0 Å². The van der Waals surface area contributed by atoms with E-state index >= 15 is 0 Å². The van der Waals surface area contributed by atoms with Crippen molar-refractivity contribution in [2.75, 3.05) is 0 Å². The Balaban J connectivity index is 2.41. The molecule has 0 fully saturated rings. The molecule has 6 nitrogen and oxygen atoms in total. The third kappa shape index (κ3) is 1.60. The summed E-state index contributed by atoms with van der Waals surface area (Å²) in [7, 11) is 0. The van der Waals surface area contributed by atoms with Gasteiger partial charge in [-0.25, -0.2) is 4.99 Å². The van der Waals surface area contributed by atoms with Crippen LogP contribution in [0.5, 0.6) is 0 Å². The van der Waals surface area contributed by atoms with E-state index in [0.29, 0.717) is 5.84 Å². The molecule has 2 aliphatic rings. The first-order valence-electron chi connectivity index (χ1n) is 5.21. The fraction of sp³-hybridized carbons (Fsp3) is 0.600. The normalized spacial score (nSPS) is 29.0. The molecule has 0 aromatic carbocycles. The van der Waals surface area contributed by atoms with Crippen LogP contribution in [0.2, 0.25) is 0 Å². The van der Waals surface area contributed by atoms with Gasteiger partial charge in [0.05, 0.1) is 6.21 Å². The minimum Gasteiger partial charge on any atom is -0.313 e. The maximum Gasteiger partial charge on any atom is 0.266 e. The zero-order valence-electron chi connectivity index (χ0n) is 9.47. The third-order valence-corrected chi connectivity index (χ3v) is 2.62. The number of carbonyl (C=O) groups excluding carboxylic acids is 2. The highest BCUT2D eigenvalue weighted by molar-refractivity contribution is 6.27. The van der Waals surface area contributed by atoms with Gasteiger partial charge < -0.3 is 10.2 Å². The number of carbonyl (C=O) groups is 2. The van der Waals surface area contributed by atoms with Crippen LogP contribution in [0.15, 0.2) is 9.98 Å². The summed E-state index contributed by atoms with van der Waals surface area (Å²) in [5.41, 5.74) is 0. The number of nitrogens with one attached hydrogen (secondary N) is 1. The van der Waals surface area contributed by atoms with Crippen LogP contribution in [0.4, 0.5) is 0 Å². The molecule has 2 aliphatic heterocycles. The number of fused-ring (bicyclic) bond motifs is 1. The molecule has 86 valence electrons. The lowest BCUT2D eigenvalue weighted by Crippen LogP contribution is -2.60. The maximum absolute atomic E-state index is 11.7. The van der Waals surface area contributed by atoms with Gasteiger partial charge in [-0.3, -0.25) is 14.6 Å². The predicted octanol–water partition coefficient (Wildman–Crippen LogP) is -0.449. The van der Waals surface area contributed by atoms with E-state index in [1.807, 2.05) is 13.8 Å². The molecule has 2 atom stereocenters. The van der Waals surface area contributed by atoms with Gasteiger partial charge in [0.15, 0.2) is 12.2 Å². The molecule has 16 heavy (non-hydrogen) atoms. The van der Waals surface area contributed by atoms with Crippen LogP contribution < -0.4 is 5.32 Å². The Hall–Kier alpha value is -1.72. The molecule has 0 aliphatic carbocycles. The minimum atomic E-state index is -0.608.